The van der Waals surface area contributed by atoms with Crippen molar-refractivity contribution in [1.82, 2.24) is 4.98 Å². The summed E-state index contributed by atoms with van der Waals surface area (Å²) in [5, 5.41) is 12.7. The summed E-state index contributed by atoms with van der Waals surface area (Å²) in [7, 11) is 0. The maximum absolute atomic E-state index is 9.10. The first-order chi connectivity index (χ1) is 9.31. The number of nitrogens with two attached hydrogens (primary N) is 1. The third-order valence-electron chi connectivity index (χ3n) is 3.19. The second kappa shape index (κ2) is 6.05. The highest BCUT2D eigenvalue weighted by Crippen LogP contribution is 2.32. The Morgan fingerprint density at radius 2 is 1.45 bits per heavy atom. The van der Waals surface area contributed by atoms with Crippen molar-refractivity contribution in [3.63, 3.8) is 0 Å². The van der Waals surface area contributed by atoms with Gasteiger partial charge in [0.2, 0.25) is 0 Å². The molecule has 0 unspecified atom stereocenters. The number of aliphatic hydroxyl groups is 1. The molecule has 0 saturated carbocycles. The minimum absolute atomic E-state index is 0. The Labute approximate surface area is 123 Å². The van der Waals surface area contributed by atoms with E-state index in [1.807, 2.05) is 48.5 Å². The molecule has 3 aromatic rings. The maximum atomic E-state index is 9.10. The average Bonchev–Trinajstić information content (AvgIpc) is 2.44. The molecule has 4 nitrogen and oxygen atoms in total. The normalized spacial score (nSPS) is 10.5. The van der Waals surface area contributed by atoms with E-state index in [0.717, 1.165) is 27.5 Å². The van der Waals surface area contributed by atoms with Crippen LogP contribution in [0.25, 0.3) is 21.8 Å². The number of pyridine rings is 1. The number of anilines is 1. The summed E-state index contributed by atoms with van der Waals surface area (Å²) in [6.07, 6.45) is 0. The molecule has 0 saturated heterocycles. The van der Waals surface area contributed by atoms with Crippen LogP contribution in [0.3, 0.4) is 0 Å². The summed E-state index contributed by atoms with van der Waals surface area (Å²) in [5.74, 6) is 6.08. The number of aliphatic hydroxyl groups excluding tert-OH is 1. The fourth-order valence-electron chi connectivity index (χ4n) is 2.35. The van der Waals surface area contributed by atoms with Gasteiger partial charge in [0.1, 0.15) is 0 Å². The lowest BCUT2D eigenvalue weighted by Crippen LogP contribution is -2.34. The number of rotatable bonds is 3. The van der Waals surface area contributed by atoms with Gasteiger partial charge < -0.3 is 10.1 Å². The maximum Gasteiger partial charge on any atom is 0.0731 e. The molecule has 5 heteroatoms. The van der Waals surface area contributed by atoms with Crippen LogP contribution in [0.1, 0.15) is 0 Å². The van der Waals surface area contributed by atoms with E-state index >= 15 is 0 Å². The fraction of sp³-hybridized carbons (Fsp3) is 0.133. The number of benzene rings is 2. The largest absolute Gasteiger partial charge is 0.394 e. The van der Waals surface area contributed by atoms with Gasteiger partial charge in [-0.25, -0.2) is 10.8 Å². The fourth-order valence-corrected chi connectivity index (χ4v) is 2.35. The highest BCUT2D eigenvalue weighted by Gasteiger charge is 2.12. The lowest BCUT2D eigenvalue weighted by molar-refractivity contribution is 0.302. The van der Waals surface area contributed by atoms with Crippen molar-refractivity contribution in [2.75, 3.05) is 18.2 Å². The molecule has 20 heavy (non-hydrogen) atoms. The molecule has 0 aliphatic heterocycles. The number of nitrogens with zero attached hydrogens (tertiary/aromatic N) is 2. The predicted molar refractivity (Wildman–Crippen MR) is 85.1 cm³/mol. The van der Waals surface area contributed by atoms with E-state index in [2.05, 4.69) is 4.98 Å². The van der Waals surface area contributed by atoms with Crippen LogP contribution < -0.4 is 10.9 Å². The van der Waals surface area contributed by atoms with Crippen LogP contribution in [0.15, 0.2) is 48.5 Å². The first-order valence-electron chi connectivity index (χ1n) is 6.22. The van der Waals surface area contributed by atoms with Gasteiger partial charge in [-0.3, -0.25) is 0 Å². The number of para-hydroxylation sites is 2. The van der Waals surface area contributed by atoms with Gasteiger partial charge in [0.25, 0.3) is 0 Å². The van der Waals surface area contributed by atoms with Crippen molar-refractivity contribution >= 4 is 39.9 Å². The van der Waals surface area contributed by atoms with Crippen molar-refractivity contribution in [3.05, 3.63) is 48.5 Å². The first kappa shape index (κ1) is 14.5. The quantitative estimate of drug-likeness (QED) is 0.442. The molecule has 0 spiro atoms. The smallest absolute Gasteiger partial charge is 0.0731 e. The molecule has 0 fully saturated rings. The lowest BCUT2D eigenvalue weighted by Gasteiger charge is -2.21. The van der Waals surface area contributed by atoms with Crippen LogP contribution in [-0.4, -0.2) is 23.2 Å². The van der Waals surface area contributed by atoms with Gasteiger partial charge in [0, 0.05) is 10.8 Å². The number of hydrazine groups is 1. The molecular formula is C15H16ClN3O. The topological polar surface area (TPSA) is 62.4 Å². The molecule has 1 aromatic heterocycles. The molecule has 0 atom stereocenters. The average molecular weight is 290 g/mol. The van der Waals surface area contributed by atoms with Crippen molar-refractivity contribution in [3.8, 4) is 0 Å². The van der Waals surface area contributed by atoms with E-state index in [1.54, 1.807) is 5.01 Å². The summed E-state index contributed by atoms with van der Waals surface area (Å²) in [6.45, 7) is 0.402. The van der Waals surface area contributed by atoms with E-state index < -0.39 is 0 Å². The predicted octanol–water partition coefficient (Wildman–Crippen LogP) is 2.48. The zero-order chi connectivity index (χ0) is 13.2. The zero-order valence-corrected chi connectivity index (χ0v) is 11.7. The van der Waals surface area contributed by atoms with Gasteiger partial charge in [0.15, 0.2) is 0 Å². The Bertz CT molecular complexity index is 678. The van der Waals surface area contributed by atoms with Gasteiger partial charge in [-0.2, -0.15) is 0 Å². The highest BCUT2D eigenvalue weighted by atomic mass is 35.5. The van der Waals surface area contributed by atoms with Gasteiger partial charge in [0.05, 0.1) is 29.9 Å². The monoisotopic (exact) mass is 289 g/mol. The number of halogens is 1. The van der Waals surface area contributed by atoms with Crippen molar-refractivity contribution in [2.24, 2.45) is 5.84 Å². The van der Waals surface area contributed by atoms with E-state index in [-0.39, 0.29) is 19.0 Å². The molecule has 3 rings (SSSR count). The van der Waals surface area contributed by atoms with Gasteiger partial charge >= 0.3 is 0 Å². The standard InChI is InChI=1S/C15H15N3O.ClH/c16-18(9-10-19)15-11-5-1-3-7-13(11)17-14-8-4-2-6-12(14)15;/h1-8,19H,9-10,16H2;1H. The third kappa shape index (κ3) is 2.41. The molecule has 0 amide bonds. The Morgan fingerprint density at radius 1 is 0.950 bits per heavy atom. The minimum atomic E-state index is 0. The van der Waals surface area contributed by atoms with E-state index in [4.69, 9.17) is 10.9 Å². The summed E-state index contributed by atoms with van der Waals surface area (Å²) < 4.78 is 0. The van der Waals surface area contributed by atoms with Gasteiger partial charge in [-0.05, 0) is 12.1 Å². The molecule has 2 aromatic carbocycles. The van der Waals surface area contributed by atoms with Crippen LogP contribution in [0.4, 0.5) is 5.69 Å². The first-order valence-corrected chi connectivity index (χ1v) is 6.22. The third-order valence-corrected chi connectivity index (χ3v) is 3.19. The summed E-state index contributed by atoms with van der Waals surface area (Å²) in [6, 6.07) is 15.8. The van der Waals surface area contributed by atoms with E-state index in [0.29, 0.717) is 6.54 Å². The number of hydrogen-bond donors (Lipinski definition) is 2. The summed E-state index contributed by atoms with van der Waals surface area (Å²) >= 11 is 0. The van der Waals surface area contributed by atoms with Crippen LogP contribution in [-0.2, 0) is 0 Å². The number of hydrogen-bond acceptors (Lipinski definition) is 4. The molecule has 3 N–H and O–H groups in total. The van der Waals surface area contributed by atoms with Crippen LogP contribution >= 0.6 is 12.4 Å². The van der Waals surface area contributed by atoms with Gasteiger partial charge in [-0.15, -0.1) is 12.4 Å². The molecule has 1 heterocycles. The minimum Gasteiger partial charge on any atom is -0.394 e. The molecule has 0 radical (unpaired) electrons. The molecule has 0 aliphatic rings. The number of fused-ring (bicyclic) bond motifs is 2. The SMILES string of the molecule is Cl.NN(CCO)c1c2ccccc2nc2ccccc12. The molecule has 0 bridgehead atoms. The van der Waals surface area contributed by atoms with Crippen LogP contribution in [0.2, 0.25) is 0 Å². The molecule has 0 aliphatic carbocycles. The Morgan fingerprint density at radius 3 is 1.95 bits per heavy atom. The Balaban J connectivity index is 0.00000147. The van der Waals surface area contributed by atoms with E-state index in [9.17, 15) is 0 Å². The van der Waals surface area contributed by atoms with E-state index in [1.165, 1.54) is 0 Å². The van der Waals surface area contributed by atoms with Crippen molar-refractivity contribution in [1.29, 1.82) is 0 Å². The number of aromatic nitrogens is 1. The second-order valence-corrected chi connectivity index (χ2v) is 4.41. The summed E-state index contributed by atoms with van der Waals surface area (Å²) in [5.41, 5.74) is 2.73. The summed E-state index contributed by atoms with van der Waals surface area (Å²) in [4.78, 5) is 4.64. The van der Waals surface area contributed by atoms with Crippen molar-refractivity contribution < 1.29 is 5.11 Å². The molecular weight excluding hydrogens is 274 g/mol. The zero-order valence-electron chi connectivity index (χ0n) is 10.9. The van der Waals surface area contributed by atoms with Crippen molar-refractivity contribution in [2.45, 2.75) is 0 Å². The highest BCUT2D eigenvalue weighted by molar-refractivity contribution is 6.07. The Kier molecular flexibility index (Phi) is 4.39. The molecule has 104 valence electrons. The Hall–Kier alpha value is -1.88. The second-order valence-electron chi connectivity index (χ2n) is 4.41. The lowest BCUT2D eigenvalue weighted by atomic mass is 10.1. The van der Waals surface area contributed by atoms with Crippen LogP contribution in [0, 0.1) is 0 Å². The van der Waals surface area contributed by atoms with Crippen LogP contribution in [0.5, 0.6) is 0 Å². The van der Waals surface area contributed by atoms with Gasteiger partial charge in [-0.1, -0.05) is 36.4 Å².